The summed E-state index contributed by atoms with van der Waals surface area (Å²) in [6.45, 7) is 3.05. The lowest BCUT2D eigenvalue weighted by atomic mass is 9.96. The molecule has 2 N–H and O–H groups in total. The maximum absolute atomic E-state index is 4.56. The predicted octanol–water partition coefficient (Wildman–Crippen LogP) is 3.07. The van der Waals surface area contributed by atoms with E-state index in [9.17, 15) is 0 Å². The fraction of sp³-hybridized carbons (Fsp3) is 0.684. The number of nitrogens with one attached hydrogen (secondary N) is 2. The fourth-order valence-electron chi connectivity index (χ4n) is 3.69. The first kappa shape index (κ1) is 17.1. The van der Waals surface area contributed by atoms with E-state index in [4.69, 9.17) is 0 Å². The SMILES string of the molecule is CN=C(NCc1ccnc(N2CCCCC2)c1)NC1CCCCC1. The molecule has 0 atom stereocenters. The Morgan fingerprint density at radius 3 is 2.67 bits per heavy atom. The number of piperidine rings is 1. The topological polar surface area (TPSA) is 52.6 Å². The van der Waals surface area contributed by atoms with Crippen LogP contribution in [0.4, 0.5) is 5.82 Å². The van der Waals surface area contributed by atoms with Crippen LogP contribution in [0.1, 0.15) is 56.9 Å². The molecule has 0 amide bonds. The molecular formula is C19H31N5. The molecule has 0 bridgehead atoms. The van der Waals surface area contributed by atoms with E-state index in [1.165, 1.54) is 56.9 Å². The molecule has 24 heavy (non-hydrogen) atoms. The highest BCUT2D eigenvalue weighted by Gasteiger charge is 2.15. The average molecular weight is 329 g/mol. The van der Waals surface area contributed by atoms with Crippen molar-refractivity contribution in [2.75, 3.05) is 25.0 Å². The summed E-state index contributed by atoms with van der Waals surface area (Å²) in [7, 11) is 1.85. The number of hydrogen-bond donors (Lipinski definition) is 2. The Kier molecular flexibility index (Phi) is 6.33. The summed E-state index contributed by atoms with van der Waals surface area (Å²) in [4.78, 5) is 11.3. The Bertz CT molecular complexity index is 530. The molecule has 0 spiro atoms. The van der Waals surface area contributed by atoms with Crippen LogP contribution in [0.3, 0.4) is 0 Å². The van der Waals surface area contributed by atoms with Crippen LogP contribution in [0.2, 0.25) is 0 Å². The summed E-state index contributed by atoms with van der Waals surface area (Å²) in [5, 5.41) is 7.02. The molecule has 1 saturated heterocycles. The van der Waals surface area contributed by atoms with Crippen LogP contribution >= 0.6 is 0 Å². The molecule has 1 aromatic rings. The molecule has 1 aliphatic heterocycles. The van der Waals surface area contributed by atoms with Crippen LogP contribution in [-0.4, -0.2) is 37.1 Å². The van der Waals surface area contributed by atoms with E-state index in [2.05, 4.69) is 37.6 Å². The second kappa shape index (κ2) is 8.90. The van der Waals surface area contributed by atoms with Crippen molar-refractivity contribution in [1.82, 2.24) is 15.6 Å². The molecule has 2 fully saturated rings. The Balaban J connectivity index is 1.53. The quantitative estimate of drug-likeness (QED) is 0.658. The number of hydrogen-bond acceptors (Lipinski definition) is 3. The van der Waals surface area contributed by atoms with Crippen molar-refractivity contribution in [3.05, 3.63) is 23.9 Å². The number of guanidine groups is 1. The number of aliphatic imine (C=N–C) groups is 1. The number of nitrogens with zero attached hydrogens (tertiary/aromatic N) is 3. The molecule has 0 radical (unpaired) electrons. The average Bonchev–Trinajstić information content (AvgIpc) is 2.67. The second-order valence-electron chi connectivity index (χ2n) is 6.98. The van der Waals surface area contributed by atoms with E-state index >= 15 is 0 Å². The third-order valence-corrected chi connectivity index (χ3v) is 5.12. The van der Waals surface area contributed by atoms with Crippen LogP contribution in [0.15, 0.2) is 23.3 Å². The summed E-state index contributed by atoms with van der Waals surface area (Å²) >= 11 is 0. The lowest BCUT2D eigenvalue weighted by Crippen LogP contribution is -2.43. The summed E-state index contributed by atoms with van der Waals surface area (Å²) in [6.07, 6.45) is 12.4. The van der Waals surface area contributed by atoms with Gasteiger partial charge in [-0.3, -0.25) is 4.99 Å². The summed E-state index contributed by atoms with van der Waals surface area (Å²) < 4.78 is 0. The van der Waals surface area contributed by atoms with E-state index in [-0.39, 0.29) is 0 Å². The van der Waals surface area contributed by atoms with Gasteiger partial charge in [0.2, 0.25) is 0 Å². The number of rotatable bonds is 4. The van der Waals surface area contributed by atoms with Crippen molar-refractivity contribution in [1.29, 1.82) is 0 Å². The number of anilines is 1. The van der Waals surface area contributed by atoms with Crippen LogP contribution in [0.5, 0.6) is 0 Å². The molecule has 1 aliphatic carbocycles. The highest BCUT2D eigenvalue weighted by atomic mass is 15.2. The molecule has 3 rings (SSSR count). The van der Waals surface area contributed by atoms with E-state index in [0.29, 0.717) is 6.04 Å². The van der Waals surface area contributed by atoms with Gasteiger partial charge in [-0.2, -0.15) is 0 Å². The second-order valence-corrected chi connectivity index (χ2v) is 6.98. The highest BCUT2D eigenvalue weighted by Crippen LogP contribution is 2.19. The zero-order valence-corrected chi connectivity index (χ0v) is 14.9. The van der Waals surface area contributed by atoms with Gasteiger partial charge in [-0.1, -0.05) is 19.3 Å². The van der Waals surface area contributed by atoms with Crippen LogP contribution in [-0.2, 0) is 6.54 Å². The summed E-state index contributed by atoms with van der Waals surface area (Å²) in [5.74, 6) is 2.03. The summed E-state index contributed by atoms with van der Waals surface area (Å²) in [5.41, 5.74) is 1.26. The smallest absolute Gasteiger partial charge is 0.191 e. The van der Waals surface area contributed by atoms with Crippen molar-refractivity contribution in [3.8, 4) is 0 Å². The normalized spacial score (nSPS) is 20.0. The largest absolute Gasteiger partial charge is 0.357 e. The predicted molar refractivity (Wildman–Crippen MR) is 101 cm³/mol. The van der Waals surface area contributed by atoms with Crippen LogP contribution < -0.4 is 15.5 Å². The van der Waals surface area contributed by atoms with Gasteiger partial charge in [0.05, 0.1) is 0 Å². The monoisotopic (exact) mass is 329 g/mol. The van der Waals surface area contributed by atoms with Gasteiger partial charge in [0.25, 0.3) is 0 Å². The minimum atomic E-state index is 0.575. The van der Waals surface area contributed by atoms with Gasteiger partial charge in [-0.25, -0.2) is 4.98 Å². The van der Waals surface area contributed by atoms with Crippen molar-refractivity contribution >= 4 is 11.8 Å². The molecule has 1 aromatic heterocycles. The molecular weight excluding hydrogens is 298 g/mol. The van der Waals surface area contributed by atoms with E-state index in [1.54, 1.807) is 0 Å². The summed E-state index contributed by atoms with van der Waals surface area (Å²) in [6, 6.07) is 4.88. The molecule has 5 heteroatoms. The van der Waals surface area contributed by atoms with E-state index in [1.807, 2.05) is 13.2 Å². The first-order chi connectivity index (χ1) is 11.8. The number of aromatic nitrogens is 1. The Labute approximate surface area is 146 Å². The third-order valence-electron chi connectivity index (χ3n) is 5.12. The zero-order valence-electron chi connectivity index (χ0n) is 14.9. The third kappa shape index (κ3) is 4.86. The zero-order chi connectivity index (χ0) is 16.6. The van der Waals surface area contributed by atoms with Gasteiger partial charge < -0.3 is 15.5 Å². The van der Waals surface area contributed by atoms with Gasteiger partial charge >= 0.3 is 0 Å². The van der Waals surface area contributed by atoms with Crippen LogP contribution in [0.25, 0.3) is 0 Å². The lowest BCUT2D eigenvalue weighted by molar-refractivity contribution is 0.410. The molecule has 0 unspecified atom stereocenters. The van der Waals surface area contributed by atoms with Gasteiger partial charge in [-0.15, -0.1) is 0 Å². The molecule has 5 nitrogen and oxygen atoms in total. The number of pyridine rings is 1. The molecule has 2 aliphatic rings. The van der Waals surface area contributed by atoms with Crippen LogP contribution in [0, 0.1) is 0 Å². The van der Waals surface area contributed by atoms with Gasteiger partial charge in [0.1, 0.15) is 5.82 Å². The lowest BCUT2D eigenvalue weighted by Gasteiger charge is -2.28. The van der Waals surface area contributed by atoms with Crippen molar-refractivity contribution in [2.45, 2.75) is 64.0 Å². The Morgan fingerprint density at radius 1 is 1.17 bits per heavy atom. The van der Waals surface area contributed by atoms with Crippen molar-refractivity contribution in [3.63, 3.8) is 0 Å². The molecule has 2 heterocycles. The first-order valence-corrected chi connectivity index (χ1v) is 9.52. The minimum Gasteiger partial charge on any atom is -0.357 e. The standard InChI is InChI=1S/C19H31N5/c1-20-19(23-17-8-4-2-5-9-17)22-15-16-10-11-21-18(14-16)24-12-6-3-7-13-24/h10-11,14,17H,2-9,12-13,15H2,1H3,(H2,20,22,23). The maximum Gasteiger partial charge on any atom is 0.191 e. The molecule has 132 valence electrons. The Hall–Kier alpha value is -1.78. The fourth-order valence-corrected chi connectivity index (χ4v) is 3.69. The molecule has 0 aromatic carbocycles. The van der Waals surface area contributed by atoms with Gasteiger partial charge in [0.15, 0.2) is 5.96 Å². The first-order valence-electron chi connectivity index (χ1n) is 9.52. The van der Waals surface area contributed by atoms with Gasteiger partial charge in [-0.05, 0) is 49.8 Å². The van der Waals surface area contributed by atoms with E-state index in [0.717, 1.165) is 31.4 Å². The van der Waals surface area contributed by atoms with Crippen molar-refractivity contribution in [2.24, 2.45) is 4.99 Å². The maximum atomic E-state index is 4.56. The van der Waals surface area contributed by atoms with Gasteiger partial charge in [0, 0.05) is 38.9 Å². The highest BCUT2D eigenvalue weighted by molar-refractivity contribution is 5.79. The molecule has 1 saturated carbocycles. The van der Waals surface area contributed by atoms with E-state index < -0.39 is 0 Å². The Morgan fingerprint density at radius 2 is 1.92 bits per heavy atom. The van der Waals surface area contributed by atoms with Crippen molar-refractivity contribution < 1.29 is 0 Å². The minimum absolute atomic E-state index is 0.575.